The molecule has 0 aliphatic heterocycles. The number of urea groups is 1. The van der Waals surface area contributed by atoms with Gasteiger partial charge >= 0.3 is 6.03 Å². The minimum Gasteiger partial charge on any atom is -0.334 e. The molecule has 2 amide bonds. The Bertz CT molecular complexity index is 1140. The maximum atomic E-state index is 12.1. The van der Waals surface area contributed by atoms with Crippen molar-refractivity contribution in [2.45, 2.75) is 13.5 Å². The van der Waals surface area contributed by atoms with Crippen LogP contribution >= 0.6 is 22.9 Å². The van der Waals surface area contributed by atoms with Crippen molar-refractivity contribution in [3.05, 3.63) is 94.3 Å². The molecule has 30 heavy (non-hydrogen) atoms. The molecular weight excluding hydrogens is 414 g/mol. The van der Waals surface area contributed by atoms with E-state index in [1.165, 1.54) is 5.56 Å². The Hall–Kier alpha value is -3.15. The van der Waals surface area contributed by atoms with Crippen molar-refractivity contribution < 1.29 is 4.79 Å². The molecule has 1 heterocycles. The van der Waals surface area contributed by atoms with Crippen molar-refractivity contribution in [2.24, 2.45) is 0 Å². The van der Waals surface area contributed by atoms with E-state index in [4.69, 9.17) is 16.6 Å². The zero-order valence-electron chi connectivity index (χ0n) is 16.4. The van der Waals surface area contributed by atoms with Gasteiger partial charge in [-0.05, 0) is 36.8 Å². The monoisotopic (exact) mass is 433 g/mol. The van der Waals surface area contributed by atoms with Gasteiger partial charge in [-0.2, -0.15) is 0 Å². The fourth-order valence-corrected chi connectivity index (χ4v) is 3.88. The van der Waals surface area contributed by atoms with Crippen LogP contribution in [0.25, 0.3) is 21.8 Å². The molecule has 4 aromatic rings. The van der Waals surface area contributed by atoms with Crippen LogP contribution in [-0.2, 0) is 6.54 Å². The maximum absolute atomic E-state index is 12.1. The first-order valence-corrected chi connectivity index (χ1v) is 10.7. The third-order valence-corrected chi connectivity index (χ3v) is 5.75. The second-order valence-electron chi connectivity index (χ2n) is 6.92. The number of carbonyl (C=O) groups is 1. The molecule has 0 radical (unpaired) electrons. The molecule has 4 nitrogen and oxygen atoms in total. The lowest BCUT2D eigenvalue weighted by molar-refractivity contribution is 0.251. The Balaban J connectivity index is 1.35. The Kier molecular flexibility index (Phi) is 6.12. The number of anilines is 1. The highest BCUT2D eigenvalue weighted by molar-refractivity contribution is 7.13. The van der Waals surface area contributed by atoms with E-state index >= 15 is 0 Å². The third-order valence-electron chi connectivity index (χ3n) is 4.61. The number of amides is 2. The van der Waals surface area contributed by atoms with Gasteiger partial charge in [0.05, 0.1) is 5.69 Å². The van der Waals surface area contributed by atoms with Crippen LogP contribution in [0.1, 0.15) is 11.1 Å². The molecule has 0 bridgehead atoms. The van der Waals surface area contributed by atoms with E-state index in [1.807, 2.05) is 24.3 Å². The topological polar surface area (TPSA) is 54.0 Å². The second-order valence-corrected chi connectivity index (χ2v) is 8.21. The summed E-state index contributed by atoms with van der Waals surface area (Å²) in [5, 5.41) is 9.33. The molecule has 0 aliphatic carbocycles. The van der Waals surface area contributed by atoms with Gasteiger partial charge in [-0.25, -0.2) is 9.78 Å². The number of rotatable bonds is 5. The average Bonchev–Trinajstić information content (AvgIpc) is 3.25. The van der Waals surface area contributed by atoms with E-state index in [1.54, 1.807) is 35.6 Å². The summed E-state index contributed by atoms with van der Waals surface area (Å²) in [6.45, 7) is 2.51. The highest BCUT2D eigenvalue weighted by atomic mass is 35.5. The number of carbonyl (C=O) groups excluding carboxylic acids is 1. The first kappa shape index (κ1) is 20.1. The van der Waals surface area contributed by atoms with E-state index in [-0.39, 0.29) is 6.03 Å². The summed E-state index contributed by atoms with van der Waals surface area (Å²) in [6, 6.07) is 23.2. The number of aryl methyl sites for hydroxylation is 1. The maximum Gasteiger partial charge on any atom is 0.319 e. The molecule has 0 saturated carbocycles. The van der Waals surface area contributed by atoms with E-state index in [9.17, 15) is 4.79 Å². The fraction of sp³-hybridized carbons (Fsp3) is 0.0833. The summed E-state index contributed by atoms with van der Waals surface area (Å²) in [5.74, 6) is 0. The van der Waals surface area contributed by atoms with E-state index in [0.717, 1.165) is 27.4 Å². The molecule has 2 N–H and O–H groups in total. The summed E-state index contributed by atoms with van der Waals surface area (Å²) in [6.07, 6.45) is 0. The highest BCUT2D eigenvalue weighted by Gasteiger charge is 2.07. The molecule has 0 spiro atoms. The van der Waals surface area contributed by atoms with Crippen molar-refractivity contribution >= 4 is 34.7 Å². The van der Waals surface area contributed by atoms with Crippen LogP contribution in [0, 0.1) is 6.92 Å². The number of thiazole rings is 1. The van der Waals surface area contributed by atoms with Gasteiger partial charge in [0.25, 0.3) is 0 Å². The van der Waals surface area contributed by atoms with Crippen molar-refractivity contribution in [2.75, 3.05) is 5.32 Å². The van der Waals surface area contributed by atoms with Crippen LogP contribution in [0.2, 0.25) is 5.02 Å². The van der Waals surface area contributed by atoms with Crippen LogP contribution in [0.4, 0.5) is 10.5 Å². The molecule has 1 aromatic heterocycles. The fourth-order valence-electron chi connectivity index (χ4n) is 2.92. The predicted octanol–water partition coefficient (Wildman–Crippen LogP) is 6.76. The van der Waals surface area contributed by atoms with Gasteiger partial charge in [0.15, 0.2) is 0 Å². The van der Waals surface area contributed by atoms with Crippen molar-refractivity contribution in [1.29, 1.82) is 0 Å². The van der Waals surface area contributed by atoms with Crippen LogP contribution in [0.5, 0.6) is 0 Å². The Morgan fingerprint density at radius 2 is 1.60 bits per heavy atom. The lowest BCUT2D eigenvalue weighted by Crippen LogP contribution is -2.28. The van der Waals surface area contributed by atoms with Crippen LogP contribution < -0.4 is 10.6 Å². The molecule has 0 aliphatic rings. The van der Waals surface area contributed by atoms with Crippen molar-refractivity contribution in [1.82, 2.24) is 10.3 Å². The van der Waals surface area contributed by atoms with E-state index in [0.29, 0.717) is 17.3 Å². The largest absolute Gasteiger partial charge is 0.334 e. The molecule has 6 heteroatoms. The van der Waals surface area contributed by atoms with Gasteiger partial charge in [-0.1, -0.05) is 65.7 Å². The molecule has 0 fully saturated rings. The van der Waals surface area contributed by atoms with Gasteiger partial charge in [0.1, 0.15) is 5.01 Å². The Morgan fingerprint density at radius 1 is 0.933 bits per heavy atom. The lowest BCUT2D eigenvalue weighted by atomic mass is 10.1. The number of nitrogens with zero attached hydrogens (tertiary/aromatic N) is 1. The van der Waals surface area contributed by atoms with Crippen LogP contribution in [0.15, 0.2) is 78.2 Å². The standard InChI is InChI=1S/C24H20ClN3OS/c1-16-2-6-18(7-3-16)22-15-30-23(28-22)19-8-4-17(5-9-19)14-26-24(29)27-21-12-10-20(25)11-13-21/h2-13,15H,14H2,1H3,(H2,26,27,29). The van der Waals surface area contributed by atoms with Gasteiger partial charge in [-0.3, -0.25) is 0 Å². The zero-order valence-corrected chi connectivity index (χ0v) is 17.9. The summed E-state index contributed by atoms with van der Waals surface area (Å²) in [7, 11) is 0. The summed E-state index contributed by atoms with van der Waals surface area (Å²) in [4.78, 5) is 16.8. The Labute approximate surface area is 184 Å². The molecular formula is C24H20ClN3OS. The zero-order chi connectivity index (χ0) is 20.9. The first-order valence-electron chi connectivity index (χ1n) is 9.49. The predicted molar refractivity (Wildman–Crippen MR) is 125 cm³/mol. The normalized spacial score (nSPS) is 10.6. The van der Waals surface area contributed by atoms with Crippen molar-refractivity contribution in [3.63, 3.8) is 0 Å². The van der Waals surface area contributed by atoms with Gasteiger partial charge in [0.2, 0.25) is 0 Å². The minimum atomic E-state index is -0.260. The summed E-state index contributed by atoms with van der Waals surface area (Å²) < 4.78 is 0. The van der Waals surface area contributed by atoms with Crippen molar-refractivity contribution in [3.8, 4) is 21.8 Å². The number of halogens is 1. The molecule has 0 saturated heterocycles. The van der Waals surface area contributed by atoms with Gasteiger partial charge in [-0.15, -0.1) is 11.3 Å². The quantitative estimate of drug-likeness (QED) is 0.365. The van der Waals surface area contributed by atoms with Crippen LogP contribution in [0.3, 0.4) is 0 Å². The summed E-state index contributed by atoms with van der Waals surface area (Å²) in [5.41, 5.74) is 6.11. The number of benzene rings is 3. The SMILES string of the molecule is Cc1ccc(-c2csc(-c3ccc(CNC(=O)Nc4ccc(Cl)cc4)cc3)n2)cc1. The minimum absolute atomic E-state index is 0.260. The number of hydrogen-bond donors (Lipinski definition) is 2. The van der Waals surface area contributed by atoms with E-state index < -0.39 is 0 Å². The van der Waals surface area contributed by atoms with E-state index in [2.05, 4.69) is 47.2 Å². The van der Waals surface area contributed by atoms with Gasteiger partial charge in [0, 0.05) is 33.8 Å². The molecule has 0 atom stereocenters. The smallest absolute Gasteiger partial charge is 0.319 e. The molecule has 3 aromatic carbocycles. The highest BCUT2D eigenvalue weighted by Crippen LogP contribution is 2.29. The van der Waals surface area contributed by atoms with Gasteiger partial charge < -0.3 is 10.6 Å². The number of aromatic nitrogens is 1. The molecule has 0 unspecified atom stereocenters. The molecule has 4 rings (SSSR count). The second kappa shape index (κ2) is 9.11. The Morgan fingerprint density at radius 3 is 2.30 bits per heavy atom. The molecule has 150 valence electrons. The first-order chi connectivity index (χ1) is 14.6. The number of nitrogens with one attached hydrogen (secondary N) is 2. The summed E-state index contributed by atoms with van der Waals surface area (Å²) >= 11 is 7.48. The third kappa shape index (κ3) is 5.06. The average molecular weight is 434 g/mol. The lowest BCUT2D eigenvalue weighted by Gasteiger charge is -2.08. The number of hydrogen-bond acceptors (Lipinski definition) is 3. The van der Waals surface area contributed by atoms with Crippen LogP contribution in [-0.4, -0.2) is 11.0 Å².